The van der Waals surface area contributed by atoms with Gasteiger partial charge in [0.05, 0.1) is 12.5 Å². The van der Waals surface area contributed by atoms with Gasteiger partial charge in [0.2, 0.25) is 17.6 Å². The van der Waals surface area contributed by atoms with Crippen molar-refractivity contribution >= 4 is 34.0 Å². The number of hydrogen-bond donors (Lipinski definition) is 1. The highest BCUT2D eigenvalue weighted by atomic mass is 35.5. The fourth-order valence-electron chi connectivity index (χ4n) is 4.15. The van der Waals surface area contributed by atoms with Crippen molar-refractivity contribution in [3.8, 4) is 11.4 Å². The number of aromatic nitrogens is 2. The third-order valence-corrected chi connectivity index (χ3v) is 6.07. The Morgan fingerprint density at radius 3 is 2.75 bits per heavy atom. The maximum absolute atomic E-state index is 12.9. The molecule has 1 saturated heterocycles. The normalized spacial score (nSPS) is 16.8. The molecule has 1 aromatic heterocycles. The zero-order valence-corrected chi connectivity index (χ0v) is 18.3. The van der Waals surface area contributed by atoms with Crippen LogP contribution >= 0.6 is 11.6 Å². The van der Waals surface area contributed by atoms with Gasteiger partial charge in [0, 0.05) is 22.8 Å². The molecular formula is C25H23ClN4O2. The summed E-state index contributed by atoms with van der Waals surface area (Å²) in [5.41, 5.74) is 1.69. The molecule has 1 aliphatic rings. The first-order valence-corrected chi connectivity index (χ1v) is 11.1. The zero-order valence-electron chi connectivity index (χ0n) is 17.5. The zero-order chi connectivity index (χ0) is 21.9. The smallest absolute Gasteiger partial charge is 0.241 e. The maximum atomic E-state index is 12.9. The van der Waals surface area contributed by atoms with Gasteiger partial charge in [-0.15, -0.1) is 0 Å². The Bertz CT molecular complexity index is 1240. The number of halogens is 1. The minimum atomic E-state index is -0.0751. The number of benzene rings is 3. The molecular weight excluding hydrogens is 424 g/mol. The van der Waals surface area contributed by atoms with E-state index in [4.69, 9.17) is 16.1 Å². The summed E-state index contributed by atoms with van der Waals surface area (Å²) in [6.07, 6.45) is 1.82. The Morgan fingerprint density at radius 2 is 1.91 bits per heavy atom. The van der Waals surface area contributed by atoms with E-state index in [2.05, 4.69) is 32.5 Å². The van der Waals surface area contributed by atoms with Crippen LogP contribution in [-0.4, -0.2) is 34.0 Å². The summed E-state index contributed by atoms with van der Waals surface area (Å²) in [7, 11) is 0. The van der Waals surface area contributed by atoms with E-state index < -0.39 is 0 Å². The maximum Gasteiger partial charge on any atom is 0.241 e. The van der Waals surface area contributed by atoms with Gasteiger partial charge < -0.3 is 9.84 Å². The van der Waals surface area contributed by atoms with Crippen molar-refractivity contribution in [3.05, 3.63) is 77.6 Å². The summed E-state index contributed by atoms with van der Waals surface area (Å²) in [5, 5.41) is 10.1. The fraction of sp³-hybridized carbons (Fsp3) is 0.240. The van der Waals surface area contributed by atoms with E-state index in [-0.39, 0.29) is 11.8 Å². The van der Waals surface area contributed by atoms with E-state index in [1.165, 1.54) is 0 Å². The number of piperidine rings is 1. The molecule has 1 N–H and O–H groups in total. The second-order valence-corrected chi connectivity index (χ2v) is 8.58. The first-order valence-electron chi connectivity index (χ1n) is 10.7. The first-order chi connectivity index (χ1) is 15.6. The average Bonchev–Trinajstić information content (AvgIpc) is 3.28. The molecule has 6 nitrogen and oxygen atoms in total. The van der Waals surface area contributed by atoms with Crippen molar-refractivity contribution in [3.63, 3.8) is 0 Å². The van der Waals surface area contributed by atoms with Crippen molar-refractivity contribution in [1.82, 2.24) is 15.0 Å². The monoisotopic (exact) mass is 446 g/mol. The number of amides is 1. The van der Waals surface area contributed by atoms with Gasteiger partial charge in [0.25, 0.3) is 0 Å². The summed E-state index contributed by atoms with van der Waals surface area (Å²) >= 11 is 5.95. The molecule has 4 aromatic rings. The molecule has 1 atom stereocenters. The third kappa shape index (κ3) is 4.66. The first kappa shape index (κ1) is 20.7. The Kier molecular flexibility index (Phi) is 5.88. The lowest BCUT2D eigenvalue weighted by Gasteiger charge is -2.30. The Hall–Kier alpha value is -3.22. The molecule has 0 saturated carbocycles. The number of fused-ring (bicyclic) bond motifs is 1. The van der Waals surface area contributed by atoms with Gasteiger partial charge in [-0.2, -0.15) is 4.98 Å². The molecule has 0 radical (unpaired) electrons. The van der Waals surface area contributed by atoms with E-state index in [0.29, 0.717) is 29.8 Å². The highest BCUT2D eigenvalue weighted by Crippen LogP contribution is 2.24. The molecule has 0 spiro atoms. The van der Waals surface area contributed by atoms with Crippen molar-refractivity contribution < 1.29 is 9.32 Å². The number of anilines is 1. The minimum Gasteiger partial charge on any atom is -0.338 e. The summed E-state index contributed by atoms with van der Waals surface area (Å²) < 4.78 is 5.45. The lowest BCUT2D eigenvalue weighted by molar-refractivity contribution is -0.121. The van der Waals surface area contributed by atoms with Gasteiger partial charge in [-0.05, 0) is 66.6 Å². The van der Waals surface area contributed by atoms with Gasteiger partial charge >= 0.3 is 0 Å². The van der Waals surface area contributed by atoms with Crippen LogP contribution in [0.15, 0.2) is 71.3 Å². The molecule has 1 fully saturated rings. The highest BCUT2D eigenvalue weighted by molar-refractivity contribution is 6.30. The highest BCUT2D eigenvalue weighted by Gasteiger charge is 2.27. The minimum absolute atomic E-state index is 0.0531. The van der Waals surface area contributed by atoms with Crippen LogP contribution in [0.5, 0.6) is 0 Å². The summed E-state index contributed by atoms with van der Waals surface area (Å²) in [4.78, 5) is 19.6. The van der Waals surface area contributed by atoms with Crippen LogP contribution in [0.4, 0.5) is 5.69 Å². The van der Waals surface area contributed by atoms with Crippen LogP contribution in [0, 0.1) is 5.92 Å². The van der Waals surface area contributed by atoms with Crippen LogP contribution in [0.25, 0.3) is 22.2 Å². The number of carbonyl (C=O) groups is 1. The molecule has 5 rings (SSSR count). The lowest BCUT2D eigenvalue weighted by atomic mass is 9.97. The van der Waals surface area contributed by atoms with Crippen molar-refractivity contribution in [2.24, 2.45) is 5.92 Å². The van der Waals surface area contributed by atoms with E-state index in [0.717, 1.165) is 41.4 Å². The number of hydrogen-bond acceptors (Lipinski definition) is 5. The largest absolute Gasteiger partial charge is 0.338 e. The standard InChI is InChI=1S/C25H23ClN4O2/c26-21-10-7-18(8-11-21)24-28-23(32-29-24)16-30-13-3-6-20(15-30)25(31)27-22-12-9-17-4-1-2-5-19(17)14-22/h1-2,4-5,7-12,14,20H,3,6,13,15-16H2,(H,27,31). The molecule has 162 valence electrons. The predicted molar refractivity (Wildman–Crippen MR) is 125 cm³/mol. The number of carbonyl (C=O) groups excluding carboxylic acids is 1. The van der Waals surface area contributed by atoms with E-state index in [9.17, 15) is 4.79 Å². The second kappa shape index (κ2) is 9.10. The van der Waals surface area contributed by atoms with Crippen molar-refractivity contribution in [2.75, 3.05) is 18.4 Å². The molecule has 0 aliphatic carbocycles. The molecule has 1 aliphatic heterocycles. The average molecular weight is 447 g/mol. The third-order valence-electron chi connectivity index (χ3n) is 5.82. The molecule has 32 heavy (non-hydrogen) atoms. The van der Waals surface area contributed by atoms with Crippen LogP contribution < -0.4 is 5.32 Å². The van der Waals surface area contributed by atoms with Crippen LogP contribution in [0.3, 0.4) is 0 Å². The number of nitrogens with one attached hydrogen (secondary N) is 1. The van der Waals surface area contributed by atoms with Gasteiger partial charge in [-0.25, -0.2) is 0 Å². The van der Waals surface area contributed by atoms with Gasteiger partial charge in [-0.3, -0.25) is 9.69 Å². The Labute approximate surface area is 191 Å². The molecule has 0 bridgehead atoms. The van der Waals surface area contributed by atoms with Gasteiger partial charge in [-0.1, -0.05) is 47.1 Å². The Balaban J connectivity index is 1.21. The SMILES string of the molecule is O=C(Nc1ccc2ccccc2c1)C1CCCN(Cc2nc(-c3ccc(Cl)cc3)no2)C1. The fourth-order valence-corrected chi connectivity index (χ4v) is 4.28. The summed E-state index contributed by atoms with van der Waals surface area (Å²) in [6, 6.07) is 21.5. The lowest BCUT2D eigenvalue weighted by Crippen LogP contribution is -2.40. The van der Waals surface area contributed by atoms with E-state index in [1.807, 2.05) is 42.5 Å². The van der Waals surface area contributed by atoms with E-state index >= 15 is 0 Å². The Morgan fingerprint density at radius 1 is 1.09 bits per heavy atom. The van der Waals surface area contributed by atoms with Crippen molar-refractivity contribution in [1.29, 1.82) is 0 Å². The van der Waals surface area contributed by atoms with Crippen LogP contribution in [-0.2, 0) is 11.3 Å². The molecule has 1 unspecified atom stereocenters. The topological polar surface area (TPSA) is 71.3 Å². The summed E-state index contributed by atoms with van der Waals surface area (Å²) in [6.45, 7) is 2.09. The second-order valence-electron chi connectivity index (χ2n) is 8.14. The van der Waals surface area contributed by atoms with Gasteiger partial charge in [0.15, 0.2) is 0 Å². The quantitative estimate of drug-likeness (QED) is 0.444. The predicted octanol–water partition coefficient (Wildman–Crippen LogP) is 5.39. The molecule has 7 heteroatoms. The molecule has 2 heterocycles. The number of nitrogens with zero attached hydrogens (tertiary/aromatic N) is 3. The van der Waals surface area contributed by atoms with E-state index in [1.54, 1.807) is 12.1 Å². The summed E-state index contributed by atoms with van der Waals surface area (Å²) in [5.74, 6) is 1.07. The van der Waals surface area contributed by atoms with Crippen LogP contribution in [0.2, 0.25) is 5.02 Å². The molecule has 1 amide bonds. The van der Waals surface area contributed by atoms with Crippen LogP contribution in [0.1, 0.15) is 18.7 Å². The van der Waals surface area contributed by atoms with Crippen molar-refractivity contribution in [2.45, 2.75) is 19.4 Å². The number of likely N-dealkylation sites (tertiary alicyclic amines) is 1. The van der Waals surface area contributed by atoms with Gasteiger partial charge in [0.1, 0.15) is 0 Å². The number of rotatable bonds is 5. The molecule has 3 aromatic carbocycles.